The summed E-state index contributed by atoms with van der Waals surface area (Å²) in [6, 6.07) is 3.33. The molecular formula is C12H22N4. The first-order chi connectivity index (χ1) is 7.74. The van der Waals surface area contributed by atoms with E-state index < -0.39 is 0 Å². The summed E-state index contributed by atoms with van der Waals surface area (Å²) in [5.41, 5.74) is 1.12. The predicted octanol–water partition coefficient (Wildman–Crippen LogP) is 1.04. The first kappa shape index (κ1) is 11.6. The standard InChI is InChI=1S/C12H22N4/c1-10(8-11-4-3-6-13-11)14-9-12-5-7-16(2)15-12/h5,7,10-11,13-14H,3-4,6,8-9H2,1-2H3. The molecule has 0 aliphatic carbocycles. The fourth-order valence-corrected chi connectivity index (χ4v) is 2.30. The van der Waals surface area contributed by atoms with Crippen LogP contribution in [0, 0.1) is 0 Å². The zero-order valence-electron chi connectivity index (χ0n) is 10.2. The molecule has 0 spiro atoms. The Hall–Kier alpha value is -0.870. The average Bonchev–Trinajstić information content (AvgIpc) is 2.87. The molecule has 2 rings (SSSR count). The smallest absolute Gasteiger partial charge is 0.0762 e. The Bertz CT molecular complexity index is 315. The van der Waals surface area contributed by atoms with Crippen LogP contribution in [-0.4, -0.2) is 28.4 Å². The highest BCUT2D eigenvalue weighted by atomic mass is 15.3. The van der Waals surface area contributed by atoms with Gasteiger partial charge in [-0.15, -0.1) is 0 Å². The quantitative estimate of drug-likeness (QED) is 0.782. The van der Waals surface area contributed by atoms with Crippen molar-refractivity contribution in [2.24, 2.45) is 7.05 Å². The van der Waals surface area contributed by atoms with E-state index >= 15 is 0 Å². The highest BCUT2D eigenvalue weighted by molar-refractivity contribution is 4.98. The number of nitrogens with zero attached hydrogens (tertiary/aromatic N) is 2. The molecule has 1 aromatic heterocycles. The first-order valence-electron chi connectivity index (χ1n) is 6.19. The van der Waals surface area contributed by atoms with Crippen molar-refractivity contribution in [1.29, 1.82) is 0 Å². The van der Waals surface area contributed by atoms with Crippen LogP contribution in [0.25, 0.3) is 0 Å². The Morgan fingerprint density at radius 2 is 2.56 bits per heavy atom. The van der Waals surface area contributed by atoms with Gasteiger partial charge in [0.2, 0.25) is 0 Å². The molecule has 0 radical (unpaired) electrons. The van der Waals surface area contributed by atoms with Gasteiger partial charge in [0.05, 0.1) is 5.69 Å². The van der Waals surface area contributed by atoms with E-state index in [9.17, 15) is 0 Å². The van der Waals surface area contributed by atoms with Crippen molar-refractivity contribution in [2.45, 2.75) is 44.8 Å². The topological polar surface area (TPSA) is 41.9 Å². The average molecular weight is 222 g/mol. The molecule has 2 unspecified atom stereocenters. The van der Waals surface area contributed by atoms with Crippen LogP contribution < -0.4 is 10.6 Å². The summed E-state index contributed by atoms with van der Waals surface area (Å²) in [6.45, 7) is 4.31. The molecule has 4 nitrogen and oxygen atoms in total. The van der Waals surface area contributed by atoms with Gasteiger partial charge in [0, 0.05) is 31.9 Å². The lowest BCUT2D eigenvalue weighted by atomic mass is 10.1. The van der Waals surface area contributed by atoms with Crippen LogP contribution in [0.2, 0.25) is 0 Å². The van der Waals surface area contributed by atoms with E-state index in [1.54, 1.807) is 0 Å². The summed E-state index contributed by atoms with van der Waals surface area (Å²) >= 11 is 0. The third kappa shape index (κ3) is 3.32. The molecule has 1 fully saturated rings. The molecule has 2 heterocycles. The highest BCUT2D eigenvalue weighted by Crippen LogP contribution is 2.10. The van der Waals surface area contributed by atoms with Crippen molar-refractivity contribution < 1.29 is 0 Å². The molecule has 2 atom stereocenters. The molecule has 1 aliphatic heterocycles. The Morgan fingerprint density at radius 3 is 3.19 bits per heavy atom. The minimum Gasteiger partial charge on any atom is -0.314 e. The zero-order valence-corrected chi connectivity index (χ0v) is 10.2. The van der Waals surface area contributed by atoms with E-state index in [2.05, 4.69) is 28.7 Å². The van der Waals surface area contributed by atoms with Gasteiger partial charge in [-0.1, -0.05) is 0 Å². The van der Waals surface area contributed by atoms with Crippen molar-refractivity contribution in [3.8, 4) is 0 Å². The largest absolute Gasteiger partial charge is 0.314 e. The summed E-state index contributed by atoms with van der Waals surface area (Å²) in [5, 5.41) is 11.4. The van der Waals surface area contributed by atoms with Crippen LogP contribution in [-0.2, 0) is 13.6 Å². The molecular weight excluding hydrogens is 200 g/mol. The molecule has 0 aromatic carbocycles. The second kappa shape index (κ2) is 5.46. The first-order valence-corrected chi connectivity index (χ1v) is 6.19. The summed E-state index contributed by atoms with van der Waals surface area (Å²) < 4.78 is 1.85. The van der Waals surface area contributed by atoms with Crippen molar-refractivity contribution >= 4 is 0 Å². The van der Waals surface area contributed by atoms with Crippen LogP contribution in [0.15, 0.2) is 12.3 Å². The Kier molecular flexibility index (Phi) is 3.96. The van der Waals surface area contributed by atoms with Gasteiger partial charge in [0.25, 0.3) is 0 Å². The highest BCUT2D eigenvalue weighted by Gasteiger charge is 2.16. The minimum absolute atomic E-state index is 0.553. The maximum atomic E-state index is 4.35. The van der Waals surface area contributed by atoms with Gasteiger partial charge >= 0.3 is 0 Å². The van der Waals surface area contributed by atoms with Crippen LogP contribution >= 0.6 is 0 Å². The van der Waals surface area contributed by atoms with E-state index in [1.807, 2.05) is 17.9 Å². The molecule has 1 aromatic rings. The molecule has 1 aliphatic rings. The van der Waals surface area contributed by atoms with E-state index in [-0.39, 0.29) is 0 Å². The number of aromatic nitrogens is 2. The summed E-state index contributed by atoms with van der Waals surface area (Å²) in [6.07, 6.45) is 5.86. The Morgan fingerprint density at radius 1 is 1.69 bits per heavy atom. The number of nitrogens with one attached hydrogen (secondary N) is 2. The number of hydrogen-bond acceptors (Lipinski definition) is 3. The van der Waals surface area contributed by atoms with Gasteiger partial charge in [0.1, 0.15) is 0 Å². The van der Waals surface area contributed by atoms with Crippen molar-refractivity contribution in [3.63, 3.8) is 0 Å². The van der Waals surface area contributed by atoms with Crippen molar-refractivity contribution in [3.05, 3.63) is 18.0 Å². The fourth-order valence-electron chi connectivity index (χ4n) is 2.30. The van der Waals surface area contributed by atoms with Gasteiger partial charge in [-0.2, -0.15) is 5.10 Å². The van der Waals surface area contributed by atoms with E-state index in [0.29, 0.717) is 12.1 Å². The van der Waals surface area contributed by atoms with Crippen LogP contribution in [0.5, 0.6) is 0 Å². The van der Waals surface area contributed by atoms with E-state index in [0.717, 1.165) is 12.2 Å². The normalized spacial score (nSPS) is 22.5. The predicted molar refractivity (Wildman–Crippen MR) is 65.2 cm³/mol. The molecule has 90 valence electrons. The lowest BCUT2D eigenvalue weighted by molar-refractivity contribution is 0.437. The van der Waals surface area contributed by atoms with Crippen LogP contribution in [0.1, 0.15) is 31.9 Å². The Labute approximate surface area is 97.4 Å². The van der Waals surface area contributed by atoms with Gasteiger partial charge in [-0.25, -0.2) is 0 Å². The second-order valence-electron chi connectivity index (χ2n) is 4.79. The third-order valence-corrected chi connectivity index (χ3v) is 3.20. The van der Waals surface area contributed by atoms with E-state index in [4.69, 9.17) is 0 Å². The monoisotopic (exact) mass is 222 g/mol. The second-order valence-corrected chi connectivity index (χ2v) is 4.79. The minimum atomic E-state index is 0.553. The van der Waals surface area contributed by atoms with Crippen molar-refractivity contribution in [2.75, 3.05) is 6.54 Å². The van der Waals surface area contributed by atoms with Gasteiger partial charge in [-0.05, 0) is 38.8 Å². The van der Waals surface area contributed by atoms with E-state index in [1.165, 1.54) is 25.8 Å². The molecule has 1 saturated heterocycles. The molecule has 0 amide bonds. The van der Waals surface area contributed by atoms with Gasteiger partial charge in [-0.3, -0.25) is 4.68 Å². The molecule has 0 saturated carbocycles. The SMILES string of the molecule is CC(CC1CCCN1)NCc1ccn(C)n1. The molecule has 0 bridgehead atoms. The summed E-state index contributed by atoms with van der Waals surface area (Å²) in [5.74, 6) is 0. The fraction of sp³-hybridized carbons (Fsp3) is 0.750. The summed E-state index contributed by atoms with van der Waals surface area (Å²) in [7, 11) is 1.95. The summed E-state index contributed by atoms with van der Waals surface area (Å²) in [4.78, 5) is 0. The lowest BCUT2D eigenvalue weighted by Crippen LogP contribution is -2.33. The molecule has 16 heavy (non-hydrogen) atoms. The maximum absolute atomic E-state index is 4.35. The van der Waals surface area contributed by atoms with Crippen LogP contribution in [0.4, 0.5) is 0 Å². The van der Waals surface area contributed by atoms with Gasteiger partial charge < -0.3 is 10.6 Å². The van der Waals surface area contributed by atoms with Crippen LogP contribution in [0.3, 0.4) is 0 Å². The molecule has 2 N–H and O–H groups in total. The maximum Gasteiger partial charge on any atom is 0.0762 e. The van der Waals surface area contributed by atoms with Crippen molar-refractivity contribution in [1.82, 2.24) is 20.4 Å². The van der Waals surface area contributed by atoms with Gasteiger partial charge in [0.15, 0.2) is 0 Å². The number of rotatable bonds is 5. The lowest BCUT2D eigenvalue weighted by Gasteiger charge is -2.17. The zero-order chi connectivity index (χ0) is 11.4. The number of aryl methyl sites for hydroxylation is 1. The third-order valence-electron chi connectivity index (χ3n) is 3.20. The number of hydrogen-bond donors (Lipinski definition) is 2. The Balaban J connectivity index is 1.68. The molecule has 4 heteroatoms.